The zero-order valence-electron chi connectivity index (χ0n) is 11.2. The van der Waals surface area contributed by atoms with Crippen molar-refractivity contribution in [2.45, 2.75) is 45.2 Å². The Balaban J connectivity index is 1.94. The summed E-state index contributed by atoms with van der Waals surface area (Å²) in [6, 6.07) is 6.76. The highest BCUT2D eigenvalue weighted by Crippen LogP contribution is 2.28. The quantitative estimate of drug-likeness (QED) is 0.883. The minimum absolute atomic E-state index is 0.594. The molecule has 100 valence electrons. The van der Waals surface area contributed by atoms with Gasteiger partial charge in [-0.1, -0.05) is 28.8 Å². The highest BCUT2D eigenvalue weighted by Gasteiger charge is 2.21. The largest absolute Gasteiger partial charge is 0.496 e. The van der Waals surface area contributed by atoms with Crippen molar-refractivity contribution >= 4 is 15.9 Å². The maximum absolute atomic E-state index is 5.40. The Hall–Kier alpha value is -0.540. The number of ether oxygens (including phenoxy) is 1. The van der Waals surface area contributed by atoms with Gasteiger partial charge in [-0.05, 0) is 43.9 Å². The topological polar surface area (TPSA) is 21.3 Å². The molecule has 1 atom stereocenters. The molecule has 0 aromatic heterocycles. The molecule has 0 bridgehead atoms. The zero-order valence-corrected chi connectivity index (χ0v) is 12.8. The molecule has 1 aliphatic carbocycles. The summed E-state index contributed by atoms with van der Waals surface area (Å²) >= 11 is 3.52. The van der Waals surface area contributed by atoms with Crippen molar-refractivity contribution in [1.82, 2.24) is 5.32 Å². The molecular formula is C15H22BrNO. The molecule has 2 rings (SSSR count). The summed E-state index contributed by atoms with van der Waals surface area (Å²) in [7, 11) is 1.73. The van der Waals surface area contributed by atoms with Gasteiger partial charge in [0.05, 0.1) is 7.11 Å². The molecule has 0 heterocycles. The van der Waals surface area contributed by atoms with E-state index in [4.69, 9.17) is 4.74 Å². The molecule has 3 heteroatoms. The Bertz CT molecular complexity index is 388. The lowest BCUT2D eigenvalue weighted by Crippen LogP contribution is -2.31. The number of benzene rings is 1. The van der Waals surface area contributed by atoms with E-state index in [2.05, 4.69) is 34.2 Å². The van der Waals surface area contributed by atoms with Crippen LogP contribution in [0.15, 0.2) is 22.7 Å². The van der Waals surface area contributed by atoms with E-state index in [1.807, 2.05) is 12.1 Å². The van der Waals surface area contributed by atoms with Crippen LogP contribution in [0.25, 0.3) is 0 Å². The second kappa shape index (κ2) is 6.58. The second-order valence-corrected chi connectivity index (χ2v) is 6.09. The van der Waals surface area contributed by atoms with Crippen LogP contribution in [0.1, 0.15) is 38.2 Å². The summed E-state index contributed by atoms with van der Waals surface area (Å²) in [5.74, 6) is 1.81. The van der Waals surface area contributed by atoms with Crippen LogP contribution in [0.4, 0.5) is 0 Å². The minimum atomic E-state index is 0.594. The van der Waals surface area contributed by atoms with Crippen LogP contribution >= 0.6 is 15.9 Å². The molecular weight excluding hydrogens is 290 g/mol. The maximum Gasteiger partial charge on any atom is 0.123 e. The molecule has 0 unspecified atom stereocenters. The van der Waals surface area contributed by atoms with Crippen LogP contribution in [0.2, 0.25) is 0 Å². The molecule has 0 saturated heterocycles. The number of halogens is 1. The van der Waals surface area contributed by atoms with Gasteiger partial charge in [-0.3, -0.25) is 0 Å². The molecule has 18 heavy (non-hydrogen) atoms. The summed E-state index contributed by atoms with van der Waals surface area (Å²) in [5, 5.41) is 3.64. The van der Waals surface area contributed by atoms with Gasteiger partial charge in [0, 0.05) is 22.6 Å². The van der Waals surface area contributed by atoms with E-state index in [0.29, 0.717) is 6.04 Å². The van der Waals surface area contributed by atoms with Crippen molar-refractivity contribution in [2.24, 2.45) is 5.92 Å². The van der Waals surface area contributed by atoms with Crippen LogP contribution < -0.4 is 10.1 Å². The second-order valence-electron chi connectivity index (χ2n) is 5.17. The lowest BCUT2D eigenvalue weighted by Gasteiger charge is -2.21. The average Bonchev–Trinajstić information content (AvgIpc) is 2.90. The number of nitrogens with one attached hydrogen (secondary N) is 1. The summed E-state index contributed by atoms with van der Waals surface area (Å²) in [4.78, 5) is 0. The molecule has 1 aromatic carbocycles. The first-order valence-corrected chi connectivity index (χ1v) is 7.56. The third-order valence-electron chi connectivity index (χ3n) is 3.96. The van der Waals surface area contributed by atoms with E-state index in [1.54, 1.807) is 7.11 Å². The van der Waals surface area contributed by atoms with E-state index in [9.17, 15) is 0 Å². The number of hydrogen-bond donors (Lipinski definition) is 1. The summed E-state index contributed by atoms with van der Waals surface area (Å²) in [5.41, 5.74) is 1.22. The monoisotopic (exact) mass is 311 g/mol. The molecule has 0 radical (unpaired) electrons. The molecule has 1 aromatic rings. The summed E-state index contributed by atoms with van der Waals surface area (Å²) in [6.07, 6.45) is 5.56. The molecule has 1 fully saturated rings. The maximum atomic E-state index is 5.40. The van der Waals surface area contributed by atoms with E-state index < -0.39 is 0 Å². The van der Waals surface area contributed by atoms with Crippen molar-refractivity contribution in [1.29, 1.82) is 0 Å². The van der Waals surface area contributed by atoms with Gasteiger partial charge in [0.2, 0.25) is 0 Å². The summed E-state index contributed by atoms with van der Waals surface area (Å²) < 4.78 is 6.50. The van der Waals surface area contributed by atoms with Gasteiger partial charge >= 0.3 is 0 Å². The number of rotatable bonds is 5. The fourth-order valence-corrected chi connectivity index (χ4v) is 3.19. The summed E-state index contributed by atoms with van der Waals surface area (Å²) in [6.45, 7) is 3.18. The Morgan fingerprint density at radius 1 is 1.39 bits per heavy atom. The van der Waals surface area contributed by atoms with Gasteiger partial charge < -0.3 is 10.1 Å². The van der Waals surface area contributed by atoms with E-state index in [0.717, 1.165) is 22.7 Å². The van der Waals surface area contributed by atoms with Crippen molar-refractivity contribution in [3.63, 3.8) is 0 Å². The van der Waals surface area contributed by atoms with Crippen LogP contribution in [-0.4, -0.2) is 13.2 Å². The SMILES string of the molecule is COc1ccc(Br)cc1CN[C@@H](C)C1CCCC1. The van der Waals surface area contributed by atoms with Crippen LogP contribution in [0.5, 0.6) is 5.75 Å². The van der Waals surface area contributed by atoms with Crippen LogP contribution in [0.3, 0.4) is 0 Å². The first-order chi connectivity index (χ1) is 8.70. The Labute approximate surface area is 118 Å². The molecule has 1 aliphatic rings. The Morgan fingerprint density at radius 2 is 2.11 bits per heavy atom. The first-order valence-electron chi connectivity index (χ1n) is 6.76. The standard InChI is InChI=1S/C15H22BrNO/c1-11(12-5-3-4-6-12)17-10-13-9-14(16)7-8-15(13)18-2/h7-9,11-12,17H,3-6,10H2,1-2H3/t11-/m0/s1. The van der Waals surface area contributed by atoms with Crippen molar-refractivity contribution < 1.29 is 4.74 Å². The fraction of sp³-hybridized carbons (Fsp3) is 0.600. The van der Waals surface area contributed by atoms with Crippen LogP contribution in [0, 0.1) is 5.92 Å². The van der Waals surface area contributed by atoms with E-state index in [1.165, 1.54) is 31.2 Å². The lowest BCUT2D eigenvalue weighted by molar-refractivity contribution is 0.371. The van der Waals surface area contributed by atoms with Gasteiger partial charge in [-0.25, -0.2) is 0 Å². The molecule has 1 saturated carbocycles. The smallest absolute Gasteiger partial charge is 0.123 e. The molecule has 0 aliphatic heterocycles. The van der Waals surface area contributed by atoms with Gasteiger partial charge in [0.1, 0.15) is 5.75 Å². The average molecular weight is 312 g/mol. The zero-order chi connectivity index (χ0) is 13.0. The Morgan fingerprint density at radius 3 is 2.78 bits per heavy atom. The third kappa shape index (κ3) is 3.48. The van der Waals surface area contributed by atoms with E-state index in [-0.39, 0.29) is 0 Å². The predicted octanol–water partition coefficient (Wildman–Crippen LogP) is 4.13. The van der Waals surface area contributed by atoms with Crippen molar-refractivity contribution in [3.05, 3.63) is 28.2 Å². The van der Waals surface area contributed by atoms with Crippen LogP contribution in [-0.2, 0) is 6.54 Å². The van der Waals surface area contributed by atoms with Gasteiger partial charge in [0.25, 0.3) is 0 Å². The fourth-order valence-electron chi connectivity index (χ4n) is 2.78. The third-order valence-corrected chi connectivity index (χ3v) is 4.46. The van der Waals surface area contributed by atoms with Crippen molar-refractivity contribution in [3.8, 4) is 5.75 Å². The van der Waals surface area contributed by atoms with Crippen molar-refractivity contribution in [2.75, 3.05) is 7.11 Å². The number of hydrogen-bond acceptors (Lipinski definition) is 2. The van der Waals surface area contributed by atoms with Gasteiger partial charge in [-0.15, -0.1) is 0 Å². The lowest BCUT2D eigenvalue weighted by atomic mass is 9.99. The van der Waals surface area contributed by atoms with Gasteiger partial charge in [0.15, 0.2) is 0 Å². The highest BCUT2D eigenvalue weighted by molar-refractivity contribution is 9.10. The first kappa shape index (κ1) is 13.9. The molecule has 0 spiro atoms. The predicted molar refractivity (Wildman–Crippen MR) is 79.0 cm³/mol. The highest BCUT2D eigenvalue weighted by atomic mass is 79.9. The Kier molecular flexibility index (Phi) is 5.07. The molecule has 0 amide bonds. The number of methoxy groups -OCH3 is 1. The minimum Gasteiger partial charge on any atom is -0.496 e. The molecule has 2 nitrogen and oxygen atoms in total. The van der Waals surface area contributed by atoms with E-state index >= 15 is 0 Å². The van der Waals surface area contributed by atoms with Gasteiger partial charge in [-0.2, -0.15) is 0 Å². The molecule has 1 N–H and O–H groups in total. The normalized spacial score (nSPS) is 17.9.